The minimum Gasteiger partial charge on any atom is -0.386 e. The lowest BCUT2D eigenvalue weighted by Crippen LogP contribution is -2.36. The van der Waals surface area contributed by atoms with E-state index < -0.39 is 0 Å². The summed E-state index contributed by atoms with van der Waals surface area (Å²) in [6, 6.07) is 0.297. The van der Waals surface area contributed by atoms with Crippen LogP contribution in [0.4, 0.5) is 0 Å². The lowest BCUT2D eigenvalue weighted by atomic mass is 10.0. The Bertz CT molecular complexity index is 228. The van der Waals surface area contributed by atoms with Crippen molar-refractivity contribution in [1.82, 2.24) is 5.32 Å². The van der Waals surface area contributed by atoms with E-state index in [0.717, 1.165) is 13.0 Å². The lowest BCUT2D eigenvalue weighted by Gasteiger charge is -2.07. The van der Waals surface area contributed by atoms with Crippen molar-refractivity contribution >= 4 is 5.84 Å². The van der Waals surface area contributed by atoms with Crippen molar-refractivity contribution in [2.75, 3.05) is 6.54 Å². The minimum atomic E-state index is 0.297. The molecule has 2 rings (SSSR count). The van der Waals surface area contributed by atoms with Gasteiger partial charge in [0.25, 0.3) is 0 Å². The summed E-state index contributed by atoms with van der Waals surface area (Å²) < 4.78 is 0. The van der Waals surface area contributed by atoms with Crippen LogP contribution >= 0.6 is 0 Å². The summed E-state index contributed by atoms with van der Waals surface area (Å²) in [4.78, 5) is 4.00. The first-order chi connectivity index (χ1) is 5.76. The zero-order chi connectivity index (χ0) is 8.60. The second kappa shape index (κ2) is 2.59. The van der Waals surface area contributed by atoms with Crippen LogP contribution in [0.15, 0.2) is 17.8 Å². The van der Waals surface area contributed by atoms with E-state index in [1.807, 2.05) is 0 Å². The van der Waals surface area contributed by atoms with E-state index in [1.165, 1.54) is 19.0 Å². The molecule has 1 saturated heterocycles. The maximum absolute atomic E-state index is 5.75. The van der Waals surface area contributed by atoms with Gasteiger partial charge in [0.15, 0.2) is 0 Å². The van der Waals surface area contributed by atoms with Crippen LogP contribution in [0.2, 0.25) is 0 Å². The first-order valence-electron chi connectivity index (χ1n) is 4.43. The quantitative estimate of drug-likeness (QED) is 0.466. The number of nitrogens with two attached hydrogens (primary N) is 1. The number of nitrogens with zero attached hydrogens (tertiary/aromatic N) is 1. The van der Waals surface area contributed by atoms with Crippen LogP contribution in [0.5, 0.6) is 0 Å². The second-order valence-electron chi connectivity index (χ2n) is 3.87. The zero-order valence-electron chi connectivity index (χ0n) is 7.21. The van der Waals surface area contributed by atoms with Gasteiger partial charge in [-0.25, -0.2) is 4.99 Å². The summed E-state index contributed by atoms with van der Waals surface area (Å²) in [5.74, 6) is 0.689. The molecule has 0 radical (unpaired) electrons. The third kappa shape index (κ3) is 1.25. The summed E-state index contributed by atoms with van der Waals surface area (Å²) >= 11 is 0. The van der Waals surface area contributed by atoms with Crippen molar-refractivity contribution in [3.63, 3.8) is 0 Å². The molecule has 1 unspecified atom stereocenters. The van der Waals surface area contributed by atoms with Gasteiger partial charge in [0.2, 0.25) is 0 Å². The smallest absolute Gasteiger partial charge is 0.116 e. The zero-order valence-corrected chi connectivity index (χ0v) is 7.21. The largest absolute Gasteiger partial charge is 0.386 e. The molecule has 1 atom stereocenters. The van der Waals surface area contributed by atoms with E-state index in [1.54, 1.807) is 0 Å². The Kier molecular flexibility index (Phi) is 1.68. The third-order valence-electron chi connectivity index (χ3n) is 2.92. The van der Waals surface area contributed by atoms with Gasteiger partial charge >= 0.3 is 0 Å². The van der Waals surface area contributed by atoms with Gasteiger partial charge in [0.05, 0.1) is 6.04 Å². The SMILES string of the molecule is C=CN=C(N)C1CC2(CC2)CN1. The van der Waals surface area contributed by atoms with Gasteiger partial charge in [-0.2, -0.15) is 0 Å². The fourth-order valence-corrected chi connectivity index (χ4v) is 1.88. The van der Waals surface area contributed by atoms with E-state index in [-0.39, 0.29) is 0 Å². The highest BCUT2D eigenvalue weighted by Gasteiger charge is 2.48. The summed E-state index contributed by atoms with van der Waals surface area (Å²) in [6.45, 7) is 4.64. The predicted molar refractivity (Wildman–Crippen MR) is 49.9 cm³/mol. The fraction of sp³-hybridized carbons (Fsp3) is 0.667. The number of rotatable bonds is 2. The van der Waals surface area contributed by atoms with Crippen LogP contribution in [-0.4, -0.2) is 18.4 Å². The van der Waals surface area contributed by atoms with E-state index in [2.05, 4.69) is 16.9 Å². The van der Waals surface area contributed by atoms with Crippen molar-refractivity contribution in [1.29, 1.82) is 0 Å². The highest BCUT2D eigenvalue weighted by molar-refractivity contribution is 5.86. The van der Waals surface area contributed by atoms with E-state index in [4.69, 9.17) is 5.73 Å². The molecule has 3 heteroatoms. The van der Waals surface area contributed by atoms with E-state index >= 15 is 0 Å². The molecule has 3 N–H and O–H groups in total. The molecule has 12 heavy (non-hydrogen) atoms. The van der Waals surface area contributed by atoms with Crippen LogP contribution < -0.4 is 11.1 Å². The van der Waals surface area contributed by atoms with Crippen LogP contribution in [0.1, 0.15) is 19.3 Å². The van der Waals surface area contributed by atoms with Crippen LogP contribution in [0.3, 0.4) is 0 Å². The van der Waals surface area contributed by atoms with Crippen molar-refractivity contribution in [2.45, 2.75) is 25.3 Å². The molecule has 0 amide bonds. The highest BCUT2D eigenvalue weighted by Crippen LogP contribution is 2.51. The molecule has 2 aliphatic rings. The Balaban J connectivity index is 1.98. The van der Waals surface area contributed by atoms with E-state index in [0.29, 0.717) is 17.3 Å². The standard InChI is InChI=1S/C9H15N3/c1-2-11-8(10)7-5-9(3-4-9)6-12-7/h2,7,12H,1,3-6H2,(H2,10,11). The number of amidine groups is 1. The molecule has 1 heterocycles. The Hall–Kier alpha value is -0.830. The Labute approximate surface area is 72.7 Å². The number of nitrogens with one attached hydrogen (secondary N) is 1. The molecule has 2 fully saturated rings. The fourth-order valence-electron chi connectivity index (χ4n) is 1.88. The van der Waals surface area contributed by atoms with Crippen molar-refractivity contribution in [3.8, 4) is 0 Å². The molecule has 66 valence electrons. The van der Waals surface area contributed by atoms with Crippen LogP contribution in [0.25, 0.3) is 0 Å². The van der Waals surface area contributed by atoms with Gasteiger partial charge in [0.1, 0.15) is 5.84 Å². The van der Waals surface area contributed by atoms with E-state index in [9.17, 15) is 0 Å². The molecule has 1 aliphatic heterocycles. The Morgan fingerprint density at radius 1 is 1.67 bits per heavy atom. The molecule has 1 saturated carbocycles. The van der Waals surface area contributed by atoms with Crippen LogP contribution in [-0.2, 0) is 0 Å². The number of hydrogen-bond donors (Lipinski definition) is 2. The average Bonchev–Trinajstić information content (AvgIpc) is 2.62. The van der Waals surface area contributed by atoms with Gasteiger partial charge in [-0.05, 0) is 24.7 Å². The van der Waals surface area contributed by atoms with Gasteiger partial charge in [-0.15, -0.1) is 0 Å². The first kappa shape index (κ1) is 7.80. The normalized spacial score (nSPS) is 32.3. The summed E-state index contributed by atoms with van der Waals surface area (Å²) in [6.07, 6.45) is 5.39. The average molecular weight is 165 g/mol. The third-order valence-corrected chi connectivity index (χ3v) is 2.92. The molecular weight excluding hydrogens is 150 g/mol. The number of aliphatic imine (C=N–C) groups is 1. The molecule has 3 nitrogen and oxygen atoms in total. The molecule has 0 aromatic heterocycles. The van der Waals surface area contributed by atoms with Crippen molar-refractivity contribution in [3.05, 3.63) is 12.8 Å². The molecule has 0 aromatic rings. The second-order valence-corrected chi connectivity index (χ2v) is 3.87. The predicted octanol–water partition coefficient (Wildman–Crippen LogP) is 0.629. The molecule has 1 aliphatic carbocycles. The van der Waals surface area contributed by atoms with Gasteiger partial charge in [-0.3, -0.25) is 0 Å². The maximum atomic E-state index is 5.75. The molecule has 0 aromatic carbocycles. The Morgan fingerprint density at radius 3 is 2.92 bits per heavy atom. The number of hydrogen-bond acceptors (Lipinski definition) is 2. The van der Waals surface area contributed by atoms with Gasteiger partial charge < -0.3 is 11.1 Å². The molecule has 1 spiro atoms. The summed E-state index contributed by atoms with van der Waals surface area (Å²) in [5, 5.41) is 3.39. The highest BCUT2D eigenvalue weighted by atomic mass is 15.0. The topological polar surface area (TPSA) is 50.4 Å². The van der Waals surface area contributed by atoms with Crippen molar-refractivity contribution in [2.24, 2.45) is 16.1 Å². The lowest BCUT2D eigenvalue weighted by molar-refractivity contribution is 0.568. The minimum absolute atomic E-state index is 0.297. The Morgan fingerprint density at radius 2 is 2.42 bits per heavy atom. The molecular formula is C9H15N3. The first-order valence-corrected chi connectivity index (χ1v) is 4.43. The van der Waals surface area contributed by atoms with Gasteiger partial charge in [0, 0.05) is 12.7 Å². The molecule has 0 bridgehead atoms. The summed E-state index contributed by atoms with van der Waals surface area (Å²) in [5.41, 5.74) is 6.34. The monoisotopic (exact) mass is 165 g/mol. The van der Waals surface area contributed by atoms with Crippen molar-refractivity contribution < 1.29 is 0 Å². The van der Waals surface area contributed by atoms with Crippen LogP contribution in [0, 0.1) is 5.41 Å². The van der Waals surface area contributed by atoms with Gasteiger partial charge in [-0.1, -0.05) is 6.58 Å². The summed E-state index contributed by atoms with van der Waals surface area (Å²) in [7, 11) is 0. The maximum Gasteiger partial charge on any atom is 0.116 e.